The van der Waals surface area contributed by atoms with Crippen LogP contribution in [0.25, 0.3) is 5.78 Å². The van der Waals surface area contributed by atoms with Gasteiger partial charge in [0.2, 0.25) is 17.5 Å². The Labute approximate surface area is 196 Å². The standard InChI is InChI=1S/C12H14F2N3O14P3S/c13-5-9(14)17-1-3(11(35)16-12(17)15-10(5)20)8-7(19)6(18)4(29-8)2-28-33(24,25)31-34(26,27)30-32(21,22)23/h1,4,6-8,18-19H,2H2,(H,24,25)(H,26,27)(H2,21,22,23)(H,15,16,20,35)/t4-,6?,7+,8+/m1/s1. The number of phosphoric ester groups is 1. The summed E-state index contributed by atoms with van der Waals surface area (Å²) in [6.45, 7) is -1.12. The second kappa shape index (κ2) is 9.85. The minimum absolute atomic E-state index is 0.282. The van der Waals surface area contributed by atoms with Crippen LogP contribution in [-0.2, 0) is 31.6 Å². The van der Waals surface area contributed by atoms with E-state index in [0.717, 1.165) is 6.20 Å². The van der Waals surface area contributed by atoms with Gasteiger partial charge >= 0.3 is 23.5 Å². The Morgan fingerprint density at radius 2 is 1.74 bits per heavy atom. The molecule has 0 amide bonds. The molecule has 6 atom stereocenters. The Kier molecular flexibility index (Phi) is 7.94. The predicted molar refractivity (Wildman–Crippen MR) is 106 cm³/mol. The van der Waals surface area contributed by atoms with E-state index in [1.54, 1.807) is 0 Å². The number of fused-ring (bicyclic) bond motifs is 1. The number of ether oxygens (including phenoxy) is 1. The summed E-state index contributed by atoms with van der Waals surface area (Å²) in [5.41, 5.74) is -1.70. The van der Waals surface area contributed by atoms with Gasteiger partial charge in [-0.15, -0.1) is 0 Å². The van der Waals surface area contributed by atoms with Crippen molar-refractivity contribution >= 4 is 41.5 Å². The van der Waals surface area contributed by atoms with Gasteiger partial charge < -0.3 is 34.5 Å². The molecule has 7 N–H and O–H groups in total. The average molecular weight is 587 g/mol. The first-order valence-electron chi connectivity index (χ1n) is 8.71. The molecule has 0 spiro atoms. The van der Waals surface area contributed by atoms with Crippen LogP contribution in [0, 0.1) is 16.4 Å². The van der Waals surface area contributed by atoms with E-state index in [1.807, 2.05) is 4.98 Å². The van der Waals surface area contributed by atoms with E-state index in [1.165, 1.54) is 0 Å². The number of aromatic amines is 1. The Bertz CT molecular complexity index is 1410. The Hall–Kier alpha value is -1.34. The maximum atomic E-state index is 14.1. The number of nitrogens with zero attached hydrogens (tertiary/aromatic N) is 2. The summed E-state index contributed by atoms with van der Waals surface area (Å²) in [5, 5.41) is 20.5. The van der Waals surface area contributed by atoms with Gasteiger partial charge in [0.25, 0.3) is 5.56 Å². The zero-order chi connectivity index (χ0) is 26.5. The molecule has 0 bridgehead atoms. The van der Waals surface area contributed by atoms with Crippen molar-refractivity contribution in [1.29, 1.82) is 0 Å². The highest BCUT2D eigenvalue weighted by atomic mass is 32.1. The van der Waals surface area contributed by atoms with Crippen molar-refractivity contribution in [3.63, 3.8) is 0 Å². The molecule has 3 rings (SSSR count). The molecule has 23 heteroatoms. The fourth-order valence-corrected chi connectivity index (χ4v) is 6.16. The Morgan fingerprint density at radius 3 is 2.34 bits per heavy atom. The molecule has 1 fully saturated rings. The van der Waals surface area contributed by atoms with Crippen LogP contribution in [0.2, 0.25) is 0 Å². The predicted octanol–water partition coefficient (Wildman–Crippen LogP) is -0.465. The van der Waals surface area contributed by atoms with Crippen LogP contribution >= 0.6 is 35.7 Å². The number of nitrogens with one attached hydrogen (secondary N) is 1. The topological polar surface area (TPSA) is 260 Å². The van der Waals surface area contributed by atoms with Gasteiger partial charge in [-0.3, -0.25) is 18.7 Å². The van der Waals surface area contributed by atoms with E-state index >= 15 is 0 Å². The fraction of sp³-hybridized carbons (Fsp3) is 0.417. The zero-order valence-corrected chi connectivity index (χ0v) is 19.9. The van der Waals surface area contributed by atoms with Crippen molar-refractivity contribution in [2.24, 2.45) is 0 Å². The lowest BCUT2D eigenvalue weighted by Crippen LogP contribution is -2.33. The van der Waals surface area contributed by atoms with E-state index < -0.39 is 77.6 Å². The van der Waals surface area contributed by atoms with Gasteiger partial charge in [-0.05, 0) is 0 Å². The summed E-state index contributed by atoms with van der Waals surface area (Å²) in [5.74, 6) is -3.95. The molecule has 1 saturated heterocycles. The zero-order valence-electron chi connectivity index (χ0n) is 16.4. The van der Waals surface area contributed by atoms with Gasteiger partial charge in [-0.2, -0.15) is 17.4 Å². The third-order valence-corrected chi connectivity index (χ3v) is 8.38. The number of rotatable bonds is 8. The molecule has 0 aliphatic carbocycles. The molecule has 2 aromatic rings. The van der Waals surface area contributed by atoms with Crippen LogP contribution in [0.1, 0.15) is 11.7 Å². The molecule has 3 unspecified atom stereocenters. The Balaban J connectivity index is 1.80. The van der Waals surface area contributed by atoms with Crippen molar-refractivity contribution in [2.75, 3.05) is 6.61 Å². The maximum absolute atomic E-state index is 14.1. The molecule has 0 radical (unpaired) electrons. The summed E-state index contributed by atoms with van der Waals surface area (Å²) >= 11 is 4.98. The van der Waals surface area contributed by atoms with Crippen molar-refractivity contribution in [2.45, 2.75) is 24.4 Å². The molecule has 2 aromatic heterocycles. The van der Waals surface area contributed by atoms with E-state index in [4.69, 9.17) is 31.6 Å². The van der Waals surface area contributed by atoms with Crippen molar-refractivity contribution in [1.82, 2.24) is 14.4 Å². The Morgan fingerprint density at radius 1 is 1.11 bits per heavy atom. The van der Waals surface area contributed by atoms with Gasteiger partial charge in [0.1, 0.15) is 29.1 Å². The summed E-state index contributed by atoms with van der Waals surface area (Å²) in [6.07, 6.45) is -6.16. The van der Waals surface area contributed by atoms with Gasteiger partial charge in [0, 0.05) is 11.8 Å². The molecular formula is C12H14F2N3O14P3S. The van der Waals surface area contributed by atoms with E-state index in [2.05, 4.69) is 18.1 Å². The van der Waals surface area contributed by atoms with Crippen molar-refractivity contribution < 1.29 is 70.1 Å². The average Bonchev–Trinajstić information content (AvgIpc) is 2.96. The molecule has 3 heterocycles. The number of aliphatic hydroxyl groups excluding tert-OH is 2. The third-order valence-electron chi connectivity index (χ3n) is 4.25. The van der Waals surface area contributed by atoms with Gasteiger partial charge in [-0.25, -0.2) is 18.7 Å². The number of H-pyrrole nitrogens is 1. The number of aliphatic hydroxyl groups is 2. The highest BCUT2D eigenvalue weighted by Gasteiger charge is 2.46. The molecular weight excluding hydrogens is 573 g/mol. The molecule has 1 aliphatic rings. The number of halogens is 2. The lowest BCUT2D eigenvalue weighted by molar-refractivity contribution is -0.0226. The molecule has 17 nitrogen and oxygen atoms in total. The third kappa shape index (κ3) is 6.51. The number of phosphoric acid groups is 3. The van der Waals surface area contributed by atoms with E-state index in [-0.39, 0.29) is 10.2 Å². The minimum atomic E-state index is -5.80. The van der Waals surface area contributed by atoms with Crippen LogP contribution in [0.4, 0.5) is 8.78 Å². The number of aromatic nitrogens is 3. The SMILES string of the molecule is O=c1[nH]c2nc(=S)c([C@@H]3O[C@H](COP(=O)(O)OP(=O)(O)OP(=O)(O)O)C(O)[C@@H]3O)cn2c(F)c1F. The maximum Gasteiger partial charge on any atom is 0.490 e. The summed E-state index contributed by atoms with van der Waals surface area (Å²) in [7, 11) is -17.0. The summed E-state index contributed by atoms with van der Waals surface area (Å²) < 4.78 is 78.3. The lowest BCUT2D eigenvalue weighted by Gasteiger charge is -2.19. The van der Waals surface area contributed by atoms with Crippen LogP contribution in [0.15, 0.2) is 11.0 Å². The number of hydrogen-bond acceptors (Lipinski definition) is 12. The highest BCUT2D eigenvalue weighted by molar-refractivity contribution is 7.71. The van der Waals surface area contributed by atoms with Crippen LogP contribution in [0.3, 0.4) is 0 Å². The quantitative estimate of drug-likeness (QED) is 0.117. The fourth-order valence-electron chi connectivity index (χ4n) is 2.87. The normalized spacial score (nSPS) is 26.5. The van der Waals surface area contributed by atoms with Crippen LogP contribution < -0.4 is 5.56 Å². The minimum Gasteiger partial charge on any atom is -0.387 e. The second-order valence-electron chi connectivity index (χ2n) is 6.72. The molecule has 0 saturated carbocycles. The van der Waals surface area contributed by atoms with Crippen molar-refractivity contribution in [3.8, 4) is 0 Å². The van der Waals surface area contributed by atoms with Gasteiger partial charge in [-0.1, -0.05) is 12.2 Å². The first kappa shape index (κ1) is 28.2. The lowest BCUT2D eigenvalue weighted by atomic mass is 10.0. The van der Waals surface area contributed by atoms with Crippen LogP contribution in [0.5, 0.6) is 0 Å². The first-order valence-corrected chi connectivity index (χ1v) is 13.6. The molecule has 35 heavy (non-hydrogen) atoms. The highest BCUT2D eigenvalue weighted by Crippen LogP contribution is 2.66. The number of hydrogen-bond donors (Lipinski definition) is 7. The van der Waals surface area contributed by atoms with E-state index in [0.29, 0.717) is 4.40 Å². The van der Waals surface area contributed by atoms with Crippen molar-refractivity contribution in [3.05, 3.63) is 38.5 Å². The second-order valence-corrected chi connectivity index (χ2v) is 11.5. The molecule has 1 aliphatic heterocycles. The van der Waals surface area contributed by atoms with Gasteiger partial charge in [0.05, 0.1) is 6.61 Å². The summed E-state index contributed by atoms with van der Waals surface area (Å²) in [4.78, 5) is 52.6. The smallest absolute Gasteiger partial charge is 0.387 e. The first-order chi connectivity index (χ1) is 15.9. The van der Waals surface area contributed by atoms with E-state index in [9.17, 15) is 42.4 Å². The molecule has 196 valence electrons. The van der Waals surface area contributed by atoms with Crippen LogP contribution in [-0.4, -0.2) is 69.1 Å². The largest absolute Gasteiger partial charge is 0.490 e. The van der Waals surface area contributed by atoms with Gasteiger partial charge in [0.15, 0.2) is 0 Å². The summed E-state index contributed by atoms with van der Waals surface area (Å²) in [6, 6.07) is 0. The monoisotopic (exact) mass is 587 g/mol. The molecule has 0 aromatic carbocycles.